The lowest BCUT2D eigenvalue weighted by molar-refractivity contribution is 0.603. The summed E-state index contributed by atoms with van der Waals surface area (Å²) >= 11 is 0. The van der Waals surface area contributed by atoms with Gasteiger partial charge in [-0.1, -0.05) is 0 Å². The van der Waals surface area contributed by atoms with Crippen LogP contribution in [0.5, 0.6) is 0 Å². The lowest BCUT2D eigenvalue weighted by Gasteiger charge is -2.03. The SMILES string of the molecule is NC1=NN=C(N)C1=NNc1cc(F)ccc1F. The second-order valence-electron chi connectivity index (χ2n) is 3.17. The summed E-state index contributed by atoms with van der Waals surface area (Å²) < 4.78 is 26.1. The van der Waals surface area contributed by atoms with E-state index in [9.17, 15) is 8.78 Å². The van der Waals surface area contributed by atoms with Crippen molar-refractivity contribution in [3.63, 3.8) is 0 Å². The van der Waals surface area contributed by atoms with E-state index in [1.165, 1.54) is 0 Å². The van der Waals surface area contributed by atoms with Gasteiger partial charge in [0.1, 0.15) is 11.6 Å². The van der Waals surface area contributed by atoms with Crippen molar-refractivity contribution in [1.82, 2.24) is 0 Å². The Morgan fingerprint density at radius 3 is 2.41 bits per heavy atom. The molecule has 88 valence electrons. The molecule has 2 rings (SSSR count). The van der Waals surface area contributed by atoms with E-state index in [4.69, 9.17) is 11.5 Å². The highest BCUT2D eigenvalue weighted by molar-refractivity contribution is 6.68. The minimum Gasteiger partial charge on any atom is -0.380 e. The number of nitrogens with one attached hydrogen (secondary N) is 1. The van der Waals surface area contributed by atoms with Crippen molar-refractivity contribution < 1.29 is 8.78 Å². The molecule has 0 saturated carbocycles. The van der Waals surface area contributed by atoms with E-state index in [2.05, 4.69) is 20.7 Å². The fourth-order valence-electron chi connectivity index (χ4n) is 1.15. The molecule has 0 spiro atoms. The fourth-order valence-corrected chi connectivity index (χ4v) is 1.15. The number of benzene rings is 1. The zero-order chi connectivity index (χ0) is 12.4. The number of amidine groups is 2. The Balaban J connectivity index is 2.23. The Hall–Kier alpha value is -2.51. The normalized spacial score (nSPS) is 14.4. The maximum atomic E-state index is 13.2. The molecule has 0 radical (unpaired) electrons. The summed E-state index contributed by atoms with van der Waals surface area (Å²) in [6.45, 7) is 0. The van der Waals surface area contributed by atoms with Crippen LogP contribution in [0.15, 0.2) is 33.5 Å². The van der Waals surface area contributed by atoms with Gasteiger partial charge in [-0.25, -0.2) is 8.78 Å². The average molecular weight is 238 g/mol. The van der Waals surface area contributed by atoms with E-state index in [1.54, 1.807) is 0 Å². The van der Waals surface area contributed by atoms with Crippen LogP contribution in [0.4, 0.5) is 14.5 Å². The highest BCUT2D eigenvalue weighted by atomic mass is 19.1. The van der Waals surface area contributed by atoms with Crippen LogP contribution in [0, 0.1) is 11.6 Å². The first-order valence-corrected chi connectivity index (χ1v) is 4.54. The van der Waals surface area contributed by atoms with Crippen LogP contribution in [0.25, 0.3) is 0 Å². The Morgan fingerprint density at radius 1 is 1.12 bits per heavy atom. The number of hydrogen-bond donors (Lipinski definition) is 3. The predicted octanol–water partition coefficient (Wildman–Crippen LogP) is 0.376. The zero-order valence-electron chi connectivity index (χ0n) is 8.48. The van der Waals surface area contributed by atoms with E-state index < -0.39 is 11.6 Å². The first-order valence-electron chi connectivity index (χ1n) is 4.54. The molecule has 8 heteroatoms. The number of nitrogens with zero attached hydrogens (tertiary/aromatic N) is 3. The summed E-state index contributed by atoms with van der Waals surface area (Å²) in [6, 6.07) is 2.92. The van der Waals surface area contributed by atoms with Crippen molar-refractivity contribution in [1.29, 1.82) is 0 Å². The largest absolute Gasteiger partial charge is 0.380 e. The highest BCUT2D eigenvalue weighted by Gasteiger charge is 2.16. The molecule has 0 unspecified atom stereocenters. The van der Waals surface area contributed by atoms with Crippen LogP contribution in [0.3, 0.4) is 0 Å². The second-order valence-corrected chi connectivity index (χ2v) is 3.17. The van der Waals surface area contributed by atoms with Crippen molar-refractivity contribution in [2.45, 2.75) is 0 Å². The number of halogens is 2. The molecular formula is C9H8F2N6. The molecule has 0 bridgehead atoms. The van der Waals surface area contributed by atoms with Gasteiger partial charge in [0.05, 0.1) is 5.69 Å². The van der Waals surface area contributed by atoms with Crippen LogP contribution in [-0.2, 0) is 0 Å². The molecular weight excluding hydrogens is 230 g/mol. The first-order chi connectivity index (χ1) is 8.08. The van der Waals surface area contributed by atoms with E-state index in [0.29, 0.717) is 0 Å². The van der Waals surface area contributed by atoms with Gasteiger partial charge >= 0.3 is 0 Å². The van der Waals surface area contributed by atoms with Crippen LogP contribution in [-0.4, -0.2) is 17.4 Å². The van der Waals surface area contributed by atoms with Crippen molar-refractivity contribution in [3.05, 3.63) is 29.8 Å². The fraction of sp³-hybridized carbons (Fsp3) is 0. The monoisotopic (exact) mass is 238 g/mol. The molecule has 0 amide bonds. The van der Waals surface area contributed by atoms with E-state index in [1.807, 2.05) is 0 Å². The lowest BCUT2D eigenvalue weighted by atomic mass is 10.3. The van der Waals surface area contributed by atoms with Gasteiger partial charge in [-0.2, -0.15) is 5.10 Å². The summed E-state index contributed by atoms with van der Waals surface area (Å²) in [5.74, 6) is -1.23. The third-order valence-corrected chi connectivity index (χ3v) is 1.97. The summed E-state index contributed by atoms with van der Waals surface area (Å²) in [6.07, 6.45) is 0. The van der Waals surface area contributed by atoms with Gasteiger partial charge in [0.25, 0.3) is 0 Å². The van der Waals surface area contributed by atoms with Gasteiger partial charge in [0.2, 0.25) is 0 Å². The maximum Gasteiger partial charge on any atom is 0.177 e. The molecule has 0 aromatic heterocycles. The predicted molar refractivity (Wildman–Crippen MR) is 60.7 cm³/mol. The van der Waals surface area contributed by atoms with Gasteiger partial charge in [-0.3, -0.25) is 5.43 Å². The third kappa shape index (κ3) is 2.19. The van der Waals surface area contributed by atoms with E-state index >= 15 is 0 Å². The molecule has 0 fully saturated rings. The number of nitrogens with two attached hydrogens (primary N) is 2. The van der Waals surface area contributed by atoms with Gasteiger partial charge in [-0.15, -0.1) is 10.2 Å². The van der Waals surface area contributed by atoms with Crippen molar-refractivity contribution in [3.8, 4) is 0 Å². The van der Waals surface area contributed by atoms with Gasteiger partial charge in [0.15, 0.2) is 17.4 Å². The smallest absolute Gasteiger partial charge is 0.177 e. The summed E-state index contributed by atoms with van der Waals surface area (Å²) in [5.41, 5.74) is 13.1. The number of hydrazone groups is 1. The van der Waals surface area contributed by atoms with Gasteiger partial charge < -0.3 is 11.5 Å². The van der Waals surface area contributed by atoms with Crippen molar-refractivity contribution in [2.24, 2.45) is 26.8 Å². The molecule has 1 aliphatic heterocycles. The summed E-state index contributed by atoms with van der Waals surface area (Å²) in [5, 5.41) is 10.6. The average Bonchev–Trinajstić information content (AvgIpc) is 2.61. The van der Waals surface area contributed by atoms with Crippen molar-refractivity contribution in [2.75, 3.05) is 5.43 Å². The number of rotatable bonds is 2. The Labute approximate surface area is 94.7 Å². The quantitative estimate of drug-likeness (QED) is 0.649. The third-order valence-electron chi connectivity index (χ3n) is 1.97. The van der Waals surface area contributed by atoms with E-state index in [0.717, 1.165) is 18.2 Å². The topological polar surface area (TPSA) is 101 Å². The Bertz CT molecular complexity index is 528. The number of hydrogen-bond acceptors (Lipinski definition) is 6. The van der Waals surface area contributed by atoms with Crippen LogP contribution >= 0.6 is 0 Å². The zero-order valence-corrected chi connectivity index (χ0v) is 8.48. The molecule has 1 aromatic rings. The molecule has 1 aliphatic rings. The maximum absolute atomic E-state index is 13.2. The minimum atomic E-state index is -0.653. The van der Waals surface area contributed by atoms with Crippen LogP contribution in [0.2, 0.25) is 0 Å². The van der Waals surface area contributed by atoms with E-state index in [-0.39, 0.29) is 23.1 Å². The highest BCUT2D eigenvalue weighted by Crippen LogP contribution is 2.15. The molecule has 1 heterocycles. The van der Waals surface area contributed by atoms with Crippen LogP contribution < -0.4 is 16.9 Å². The summed E-state index contributed by atoms with van der Waals surface area (Å²) in [4.78, 5) is 0. The minimum absolute atomic E-state index is 0.00631. The molecule has 6 nitrogen and oxygen atoms in total. The Morgan fingerprint density at radius 2 is 1.76 bits per heavy atom. The molecule has 0 atom stereocenters. The Kier molecular flexibility index (Phi) is 2.69. The lowest BCUT2D eigenvalue weighted by Crippen LogP contribution is -2.32. The van der Waals surface area contributed by atoms with Crippen LogP contribution in [0.1, 0.15) is 0 Å². The van der Waals surface area contributed by atoms with Crippen molar-refractivity contribution >= 4 is 23.1 Å². The number of anilines is 1. The first kappa shape index (κ1) is 11.0. The second kappa shape index (κ2) is 4.16. The molecule has 17 heavy (non-hydrogen) atoms. The molecule has 0 saturated heterocycles. The van der Waals surface area contributed by atoms with Gasteiger partial charge in [-0.05, 0) is 12.1 Å². The molecule has 1 aromatic carbocycles. The standard InChI is InChI=1S/C9H8F2N6/c10-4-1-2-5(11)6(3-4)14-15-7-8(12)16-17-9(7)13/h1-3,14H,(H4,12,13,15,16,17). The molecule has 0 aliphatic carbocycles. The molecule has 5 N–H and O–H groups in total. The summed E-state index contributed by atoms with van der Waals surface area (Å²) in [7, 11) is 0. The van der Waals surface area contributed by atoms with Gasteiger partial charge in [0, 0.05) is 6.07 Å².